The molecule has 1 aliphatic carbocycles. The summed E-state index contributed by atoms with van der Waals surface area (Å²) in [6, 6.07) is 7.00. The van der Waals surface area contributed by atoms with Crippen LogP contribution in [0, 0.1) is 0 Å². The molecule has 1 aromatic heterocycles. The van der Waals surface area contributed by atoms with Crippen LogP contribution < -0.4 is 10.9 Å². The van der Waals surface area contributed by atoms with E-state index in [0.29, 0.717) is 17.5 Å². The second-order valence-corrected chi connectivity index (χ2v) is 5.70. The summed E-state index contributed by atoms with van der Waals surface area (Å²) in [7, 11) is 0. The van der Waals surface area contributed by atoms with Crippen LogP contribution in [0.4, 0.5) is 0 Å². The van der Waals surface area contributed by atoms with Gasteiger partial charge in [0.1, 0.15) is 6.54 Å². The van der Waals surface area contributed by atoms with Crippen molar-refractivity contribution in [3.63, 3.8) is 0 Å². The number of carbonyl (C=O) groups excluding carboxylic acids is 1. The van der Waals surface area contributed by atoms with Crippen molar-refractivity contribution in [1.82, 2.24) is 14.9 Å². The molecule has 2 atom stereocenters. The third-order valence-electron chi connectivity index (χ3n) is 4.13. The molecular formula is C16H19N3O3. The minimum atomic E-state index is -0.497. The lowest BCUT2D eigenvalue weighted by atomic mass is 9.92. The Bertz CT molecular complexity index is 741. The van der Waals surface area contributed by atoms with Gasteiger partial charge in [0.2, 0.25) is 5.91 Å². The predicted molar refractivity (Wildman–Crippen MR) is 82.4 cm³/mol. The summed E-state index contributed by atoms with van der Waals surface area (Å²) in [5.41, 5.74) is 1.000. The number of carbonyl (C=O) groups is 1. The van der Waals surface area contributed by atoms with E-state index in [1.807, 2.05) is 12.1 Å². The molecule has 2 N–H and O–H groups in total. The molecule has 2 aromatic rings. The van der Waals surface area contributed by atoms with Crippen molar-refractivity contribution in [3.05, 3.63) is 40.8 Å². The minimum Gasteiger partial charge on any atom is -0.391 e. The van der Waals surface area contributed by atoms with Gasteiger partial charge < -0.3 is 10.4 Å². The molecule has 1 aromatic carbocycles. The van der Waals surface area contributed by atoms with E-state index in [1.54, 1.807) is 12.1 Å². The summed E-state index contributed by atoms with van der Waals surface area (Å²) in [6.45, 7) is -0.0644. The molecule has 1 amide bonds. The van der Waals surface area contributed by atoms with E-state index in [9.17, 15) is 14.7 Å². The van der Waals surface area contributed by atoms with Crippen LogP contribution in [0.25, 0.3) is 11.0 Å². The Morgan fingerprint density at radius 3 is 2.91 bits per heavy atom. The number of fused-ring (bicyclic) bond motifs is 1. The van der Waals surface area contributed by atoms with Gasteiger partial charge in [-0.1, -0.05) is 25.0 Å². The average molecular weight is 301 g/mol. The number of aliphatic hydroxyl groups excluding tert-OH is 1. The van der Waals surface area contributed by atoms with Crippen LogP contribution in [0.1, 0.15) is 25.7 Å². The first-order valence-electron chi connectivity index (χ1n) is 7.57. The molecule has 0 bridgehead atoms. The zero-order valence-corrected chi connectivity index (χ0v) is 12.2. The number of aromatic nitrogens is 2. The molecule has 22 heavy (non-hydrogen) atoms. The highest BCUT2D eigenvalue weighted by Crippen LogP contribution is 2.18. The number of para-hydroxylation sites is 2. The summed E-state index contributed by atoms with van der Waals surface area (Å²) in [5.74, 6) is -0.260. The number of amides is 1. The summed E-state index contributed by atoms with van der Waals surface area (Å²) in [5, 5.41) is 12.8. The summed E-state index contributed by atoms with van der Waals surface area (Å²) >= 11 is 0. The Labute approximate surface area is 127 Å². The van der Waals surface area contributed by atoms with Crippen molar-refractivity contribution in [2.75, 3.05) is 0 Å². The van der Waals surface area contributed by atoms with Crippen LogP contribution in [-0.4, -0.2) is 32.7 Å². The Hall–Kier alpha value is -2.21. The van der Waals surface area contributed by atoms with E-state index in [0.717, 1.165) is 19.3 Å². The van der Waals surface area contributed by atoms with Crippen LogP contribution >= 0.6 is 0 Å². The van der Waals surface area contributed by atoms with Crippen molar-refractivity contribution in [3.8, 4) is 0 Å². The summed E-state index contributed by atoms with van der Waals surface area (Å²) in [6.07, 6.45) is 4.21. The molecular weight excluding hydrogens is 282 g/mol. The molecule has 0 spiro atoms. The lowest BCUT2D eigenvalue weighted by molar-refractivity contribution is -0.123. The highest BCUT2D eigenvalue weighted by atomic mass is 16.3. The highest BCUT2D eigenvalue weighted by Gasteiger charge is 2.24. The monoisotopic (exact) mass is 301 g/mol. The first-order valence-corrected chi connectivity index (χ1v) is 7.57. The molecule has 1 heterocycles. The number of nitrogens with zero attached hydrogens (tertiary/aromatic N) is 2. The van der Waals surface area contributed by atoms with Gasteiger partial charge >= 0.3 is 0 Å². The second kappa shape index (κ2) is 6.27. The standard InChI is InChI=1S/C16H19N3O3/c20-14-8-4-2-6-12(14)18-15(21)10-19-13-7-3-1-5-11(13)17-9-16(19)22/h1,3,5,7,9,12,14,20H,2,4,6,8,10H2,(H,18,21). The van der Waals surface area contributed by atoms with Crippen molar-refractivity contribution < 1.29 is 9.90 Å². The van der Waals surface area contributed by atoms with Gasteiger partial charge in [0.15, 0.2) is 0 Å². The zero-order valence-electron chi connectivity index (χ0n) is 12.2. The molecule has 1 fully saturated rings. The Kier molecular flexibility index (Phi) is 4.20. The highest BCUT2D eigenvalue weighted by molar-refractivity contribution is 5.80. The molecule has 0 saturated heterocycles. The number of nitrogens with one attached hydrogen (secondary N) is 1. The number of hydrogen-bond donors (Lipinski definition) is 2. The van der Waals surface area contributed by atoms with Gasteiger partial charge in [0, 0.05) is 0 Å². The van der Waals surface area contributed by atoms with Gasteiger partial charge in [0.05, 0.1) is 29.4 Å². The Morgan fingerprint density at radius 2 is 2.09 bits per heavy atom. The molecule has 6 heteroatoms. The largest absolute Gasteiger partial charge is 0.391 e. The van der Waals surface area contributed by atoms with E-state index in [1.165, 1.54) is 10.8 Å². The molecule has 6 nitrogen and oxygen atoms in total. The molecule has 116 valence electrons. The van der Waals surface area contributed by atoms with E-state index in [2.05, 4.69) is 10.3 Å². The van der Waals surface area contributed by atoms with Gasteiger partial charge in [0.25, 0.3) is 5.56 Å². The number of rotatable bonds is 3. The van der Waals surface area contributed by atoms with Crippen molar-refractivity contribution in [1.29, 1.82) is 0 Å². The normalized spacial score (nSPS) is 21.7. The third-order valence-corrected chi connectivity index (χ3v) is 4.13. The van der Waals surface area contributed by atoms with E-state index in [-0.39, 0.29) is 24.1 Å². The molecule has 2 unspecified atom stereocenters. The smallest absolute Gasteiger partial charge is 0.269 e. The summed E-state index contributed by atoms with van der Waals surface area (Å²) < 4.78 is 1.41. The maximum Gasteiger partial charge on any atom is 0.269 e. The topological polar surface area (TPSA) is 84.2 Å². The molecule has 3 rings (SSSR count). The molecule has 1 saturated carbocycles. The van der Waals surface area contributed by atoms with Crippen LogP contribution in [0.3, 0.4) is 0 Å². The lowest BCUT2D eigenvalue weighted by Crippen LogP contribution is -2.46. The van der Waals surface area contributed by atoms with Gasteiger partial charge in [-0.2, -0.15) is 0 Å². The summed E-state index contributed by atoms with van der Waals surface area (Å²) in [4.78, 5) is 28.3. The second-order valence-electron chi connectivity index (χ2n) is 5.70. The van der Waals surface area contributed by atoms with Crippen LogP contribution in [0.15, 0.2) is 35.3 Å². The maximum absolute atomic E-state index is 12.2. The number of hydrogen-bond acceptors (Lipinski definition) is 4. The van der Waals surface area contributed by atoms with E-state index in [4.69, 9.17) is 0 Å². The zero-order chi connectivity index (χ0) is 15.5. The fourth-order valence-corrected chi connectivity index (χ4v) is 2.95. The Balaban J connectivity index is 1.79. The first kappa shape index (κ1) is 14.7. The Morgan fingerprint density at radius 1 is 1.32 bits per heavy atom. The molecule has 0 radical (unpaired) electrons. The van der Waals surface area contributed by atoms with Gasteiger partial charge in [-0.25, -0.2) is 4.98 Å². The van der Waals surface area contributed by atoms with Crippen LogP contribution in [0.2, 0.25) is 0 Å². The van der Waals surface area contributed by atoms with Crippen LogP contribution in [-0.2, 0) is 11.3 Å². The number of benzene rings is 1. The fraction of sp³-hybridized carbons (Fsp3) is 0.438. The van der Waals surface area contributed by atoms with Crippen molar-refractivity contribution in [2.45, 2.75) is 44.4 Å². The first-order chi connectivity index (χ1) is 10.6. The van der Waals surface area contributed by atoms with Gasteiger partial charge in [-0.15, -0.1) is 0 Å². The van der Waals surface area contributed by atoms with E-state index < -0.39 is 6.10 Å². The predicted octanol–water partition coefficient (Wildman–Crippen LogP) is 0.816. The van der Waals surface area contributed by atoms with Crippen molar-refractivity contribution >= 4 is 16.9 Å². The van der Waals surface area contributed by atoms with Gasteiger partial charge in [-0.05, 0) is 25.0 Å². The maximum atomic E-state index is 12.2. The average Bonchev–Trinajstić information content (AvgIpc) is 2.52. The molecule has 1 aliphatic rings. The lowest BCUT2D eigenvalue weighted by Gasteiger charge is -2.28. The quantitative estimate of drug-likeness (QED) is 0.879. The SMILES string of the molecule is O=C(Cn1c(=O)cnc2ccccc21)NC1CCCCC1O. The molecule has 0 aliphatic heterocycles. The van der Waals surface area contributed by atoms with Crippen molar-refractivity contribution in [2.24, 2.45) is 0 Å². The van der Waals surface area contributed by atoms with Gasteiger partial charge in [-0.3, -0.25) is 14.2 Å². The minimum absolute atomic E-state index is 0.0644. The van der Waals surface area contributed by atoms with E-state index >= 15 is 0 Å². The third kappa shape index (κ3) is 3.01. The van der Waals surface area contributed by atoms with Crippen LogP contribution in [0.5, 0.6) is 0 Å². The fourth-order valence-electron chi connectivity index (χ4n) is 2.95. The number of aliphatic hydroxyl groups is 1.